The molecule has 1 heterocycles. The van der Waals surface area contributed by atoms with Crippen molar-refractivity contribution in [3.8, 4) is 0 Å². The Balaban J connectivity index is 2.25. The summed E-state index contributed by atoms with van der Waals surface area (Å²) in [5, 5.41) is 2.71. The van der Waals surface area contributed by atoms with Crippen molar-refractivity contribution in [2.75, 3.05) is 11.1 Å². The summed E-state index contributed by atoms with van der Waals surface area (Å²) in [6.45, 7) is 0. The lowest BCUT2D eigenvalue weighted by Gasteiger charge is -2.07. The number of nitrogens with two attached hydrogens (primary N) is 1. The number of nitrogens with one attached hydrogen (secondary N) is 1. The van der Waals surface area contributed by atoms with Crippen molar-refractivity contribution in [1.29, 1.82) is 0 Å². The quantitative estimate of drug-likeness (QED) is 0.721. The van der Waals surface area contributed by atoms with Crippen LogP contribution in [0.1, 0.15) is 10.4 Å². The lowest BCUT2D eigenvalue weighted by Crippen LogP contribution is -2.13. The lowest BCUT2D eigenvalue weighted by atomic mass is 10.2. The van der Waals surface area contributed by atoms with Crippen LogP contribution in [0, 0.1) is 0 Å². The molecule has 0 saturated carbocycles. The number of nitrogens with zero attached hydrogens (tertiary/aromatic N) is 1. The molecule has 1 aromatic carbocycles. The third-order valence-electron chi connectivity index (χ3n) is 2.22. The molecule has 0 saturated heterocycles. The molecule has 1 amide bonds. The van der Waals surface area contributed by atoms with Gasteiger partial charge in [-0.3, -0.25) is 4.79 Å². The van der Waals surface area contributed by atoms with Crippen molar-refractivity contribution in [1.82, 2.24) is 4.98 Å². The van der Waals surface area contributed by atoms with Crippen LogP contribution >= 0.6 is 47.8 Å². The van der Waals surface area contributed by atoms with Gasteiger partial charge in [-0.05, 0) is 40.2 Å². The van der Waals surface area contributed by atoms with Crippen molar-refractivity contribution < 1.29 is 4.79 Å². The predicted molar refractivity (Wildman–Crippen MR) is 86.1 cm³/mol. The number of amides is 1. The second-order valence-electron chi connectivity index (χ2n) is 3.71. The van der Waals surface area contributed by atoms with E-state index in [1.165, 1.54) is 6.20 Å². The lowest BCUT2D eigenvalue weighted by molar-refractivity contribution is 0.102. The van der Waals surface area contributed by atoms with Crippen molar-refractivity contribution in [3.05, 3.63) is 49.4 Å². The van der Waals surface area contributed by atoms with Crippen LogP contribution in [-0.4, -0.2) is 10.9 Å². The Kier molecular flexibility index (Phi) is 4.59. The van der Waals surface area contributed by atoms with Gasteiger partial charge in [0.25, 0.3) is 5.91 Å². The van der Waals surface area contributed by atoms with E-state index in [1.54, 1.807) is 18.2 Å². The van der Waals surface area contributed by atoms with E-state index in [-0.39, 0.29) is 5.91 Å². The van der Waals surface area contributed by atoms with Gasteiger partial charge in [-0.1, -0.05) is 31.9 Å². The summed E-state index contributed by atoms with van der Waals surface area (Å²) in [6.07, 6.45) is 1.48. The molecule has 0 atom stereocenters. The molecule has 0 unspecified atom stereocenters. The fourth-order valence-corrected chi connectivity index (χ4v) is 3.17. The van der Waals surface area contributed by atoms with Crippen LogP contribution in [-0.2, 0) is 0 Å². The molecule has 0 bridgehead atoms. The van der Waals surface area contributed by atoms with Gasteiger partial charge in [0.1, 0.15) is 5.82 Å². The molecule has 2 aromatic rings. The average molecular weight is 450 g/mol. The number of hydrogen-bond acceptors (Lipinski definition) is 3. The SMILES string of the molecule is Nc1cnc(NC(=O)c2cc(Br)cc(Br)c2)c(Br)c1. The average Bonchev–Trinajstić information content (AvgIpc) is 2.31. The van der Waals surface area contributed by atoms with Crippen LogP contribution in [0.15, 0.2) is 43.9 Å². The number of rotatable bonds is 2. The van der Waals surface area contributed by atoms with E-state index in [0.717, 1.165) is 8.95 Å². The summed E-state index contributed by atoms with van der Waals surface area (Å²) in [5.41, 5.74) is 6.63. The molecule has 0 aliphatic carbocycles. The fraction of sp³-hybridized carbons (Fsp3) is 0. The zero-order chi connectivity index (χ0) is 14.0. The highest BCUT2D eigenvalue weighted by Gasteiger charge is 2.11. The van der Waals surface area contributed by atoms with Crippen molar-refractivity contribution in [3.63, 3.8) is 0 Å². The molecular formula is C12H8Br3N3O. The zero-order valence-corrected chi connectivity index (χ0v) is 14.2. The first-order valence-corrected chi connectivity index (χ1v) is 7.52. The van der Waals surface area contributed by atoms with Gasteiger partial charge in [0.2, 0.25) is 0 Å². The van der Waals surface area contributed by atoms with Crippen molar-refractivity contribution in [2.24, 2.45) is 0 Å². The summed E-state index contributed by atoms with van der Waals surface area (Å²) in [6, 6.07) is 6.99. The first-order chi connectivity index (χ1) is 8.95. The highest BCUT2D eigenvalue weighted by atomic mass is 79.9. The molecule has 0 aliphatic rings. The third-order valence-corrected chi connectivity index (χ3v) is 3.74. The normalized spacial score (nSPS) is 10.3. The van der Waals surface area contributed by atoms with Gasteiger partial charge in [0, 0.05) is 14.5 Å². The Bertz CT molecular complexity index is 626. The smallest absolute Gasteiger partial charge is 0.256 e. The number of carbonyl (C=O) groups is 1. The number of pyridine rings is 1. The number of carbonyl (C=O) groups excluding carboxylic acids is 1. The number of aromatic nitrogens is 1. The molecule has 3 N–H and O–H groups in total. The van der Waals surface area contributed by atoms with Gasteiger partial charge in [-0.25, -0.2) is 4.98 Å². The molecule has 0 aliphatic heterocycles. The Labute approximate surface area is 135 Å². The molecular weight excluding hydrogens is 442 g/mol. The van der Waals surface area contributed by atoms with Crippen LogP contribution in [0.3, 0.4) is 0 Å². The Morgan fingerprint density at radius 1 is 1.11 bits per heavy atom. The van der Waals surface area contributed by atoms with Gasteiger partial charge >= 0.3 is 0 Å². The number of nitrogen functional groups attached to an aromatic ring is 1. The van der Waals surface area contributed by atoms with Crippen molar-refractivity contribution in [2.45, 2.75) is 0 Å². The van der Waals surface area contributed by atoms with E-state index in [9.17, 15) is 4.79 Å². The first kappa shape index (κ1) is 14.5. The minimum Gasteiger partial charge on any atom is -0.397 e. The van der Waals surface area contributed by atoms with E-state index >= 15 is 0 Å². The summed E-state index contributed by atoms with van der Waals surface area (Å²) in [7, 11) is 0. The Morgan fingerprint density at radius 2 is 1.74 bits per heavy atom. The maximum absolute atomic E-state index is 12.1. The third kappa shape index (κ3) is 3.77. The van der Waals surface area contributed by atoms with E-state index < -0.39 is 0 Å². The minimum absolute atomic E-state index is 0.250. The molecule has 98 valence electrons. The molecule has 0 spiro atoms. The predicted octanol–water partition coefficient (Wildman–Crippen LogP) is 4.20. The number of halogens is 3. The molecule has 0 fully saturated rings. The van der Waals surface area contributed by atoms with Crippen LogP contribution in [0.2, 0.25) is 0 Å². The molecule has 0 radical (unpaired) electrons. The highest BCUT2D eigenvalue weighted by molar-refractivity contribution is 9.11. The minimum atomic E-state index is -0.250. The number of benzene rings is 1. The van der Waals surface area contributed by atoms with Crippen LogP contribution < -0.4 is 11.1 Å². The zero-order valence-electron chi connectivity index (χ0n) is 9.45. The van der Waals surface area contributed by atoms with Crippen LogP contribution in [0.4, 0.5) is 11.5 Å². The number of hydrogen-bond donors (Lipinski definition) is 2. The maximum atomic E-state index is 12.1. The Morgan fingerprint density at radius 3 is 2.32 bits per heavy atom. The summed E-state index contributed by atoms with van der Waals surface area (Å²) in [5.74, 6) is 0.176. The van der Waals surface area contributed by atoms with E-state index in [1.807, 2.05) is 6.07 Å². The van der Waals surface area contributed by atoms with Gasteiger partial charge in [-0.2, -0.15) is 0 Å². The highest BCUT2D eigenvalue weighted by Crippen LogP contribution is 2.24. The van der Waals surface area contributed by atoms with Gasteiger partial charge < -0.3 is 11.1 Å². The molecule has 7 heteroatoms. The topological polar surface area (TPSA) is 68.0 Å². The van der Waals surface area contributed by atoms with E-state index in [0.29, 0.717) is 21.5 Å². The fourth-order valence-electron chi connectivity index (χ4n) is 1.41. The van der Waals surface area contributed by atoms with E-state index in [2.05, 4.69) is 58.1 Å². The van der Waals surface area contributed by atoms with E-state index in [4.69, 9.17) is 5.73 Å². The molecule has 1 aromatic heterocycles. The standard InChI is InChI=1S/C12H8Br3N3O/c13-7-1-6(2-8(14)3-7)12(19)18-11-10(15)4-9(16)5-17-11/h1-5H,16H2,(H,17,18,19). The number of anilines is 2. The van der Waals surface area contributed by atoms with Gasteiger partial charge in [0.15, 0.2) is 0 Å². The Hall–Kier alpha value is -0.920. The second kappa shape index (κ2) is 6.02. The molecule has 2 rings (SSSR count). The first-order valence-electron chi connectivity index (χ1n) is 5.14. The second-order valence-corrected chi connectivity index (χ2v) is 6.40. The summed E-state index contributed by atoms with van der Waals surface area (Å²) in [4.78, 5) is 16.2. The largest absolute Gasteiger partial charge is 0.397 e. The van der Waals surface area contributed by atoms with Gasteiger partial charge in [-0.15, -0.1) is 0 Å². The van der Waals surface area contributed by atoms with Gasteiger partial charge in [0.05, 0.1) is 16.4 Å². The molecule has 19 heavy (non-hydrogen) atoms. The summed E-state index contributed by atoms with van der Waals surface area (Å²) < 4.78 is 2.27. The monoisotopic (exact) mass is 447 g/mol. The molecule has 4 nitrogen and oxygen atoms in total. The van der Waals surface area contributed by atoms with Crippen molar-refractivity contribution >= 4 is 65.2 Å². The summed E-state index contributed by atoms with van der Waals surface area (Å²) >= 11 is 9.98. The maximum Gasteiger partial charge on any atom is 0.256 e. The van der Waals surface area contributed by atoms with Crippen LogP contribution in [0.5, 0.6) is 0 Å². The van der Waals surface area contributed by atoms with Crippen LogP contribution in [0.25, 0.3) is 0 Å².